The van der Waals surface area contributed by atoms with Gasteiger partial charge in [0.15, 0.2) is 24.3 Å². The quantitative estimate of drug-likeness (QED) is 0.0694. The molecule has 0 unspecified atom stereocenters. The van der Waals surface area contributed by atoms with Crippen LogP contribution in [0.2, 0.25) is 0 Å². The summed E-state index contributed by atoms with van der Waals surface area (Å²) < 4.78 is 58.0. The van der Waals surface area contributed by atoms with Crippen LogP contribution in [0, 0.1) is 0 Å². The van der Waals surface area contributed by atoms with Gasteiger partial charge in [-0.3, -0.25) is 14.4 Å². The number of benzene rings is 2. The lowest BCUT2D eigenvalue weighted by atomic mass is 9.97. The summed E-state index contributed by atoms with van der Waals surface area (Å²) in [4.78, 5) is 39.3. The molecule has 22 nitrogen and oxygen atoms in total. The molecule has 3 aromatic rings. The molecule has 0 bridgehead atoms. The molecular weight excluding hydrogens is 868 g/mol. The predicted octanol–water partition coefficient (Wildman–Crippen LogP) is -0.966. The van der Waals surface area contributed by atoms with E-state index in [1.54, 1.807) is 32.1 Å². The van der Waals surface area contributed by atoms with Gasteiger partial charge in [0.1, 0.15) is 83.2 Å². The molecule has 3 fully saturated rings. The number of aliphatic hydroxyl groups excluding tert-OH is 8. The molecule has 3 aliphatic rings. The number of aliphatic hydroxyl groups is 8. The number of carbonyl (C=O) groups is 2. The number of carbonyl (C=O) groups excluding carboxylic acids is 2. The van der Waals surface area contributed by atoms with Crippen molar-refractivity contribution >= 4 is 22.9 Å². The first-order valence-corrected chi connectivity index (χ1v) is 20.5. The first-order valence-electron chi connectivity index (χ1n) is 20.5. The van der Waals surface area contributed by atoms with E-state index in [1.807, 2.05) is 0 Å². The van der Waals surface area contributed by atoms with Gasteiger partial charge in [0.25, 0.3) is 0 Å². The molecule has 0 radical (unpaired) electrons. The topological polar surface area (TPSA) is 329 Å². The lowest BCUT2D eigenvalue weighted by molar-refractivity contribution is -0.351. The van der Waals surface area contributed by atoms with Crippen LogP contribution in [0.4, 0.5) is 0 Å². The number of hydrogen-bond donors (Lipinski definition) is 9. The molecule has 1 aromatic heterocycles. The SMILES string of the molecule is COc1ccc(-c2oc3c(CC=C(C)C)c(O[C@@H]4O[C@H](CO)[C@@H](O)[C@H](O)[C@H]4O)cc(O)c3c(=O)c2O[C@@H]2O[C@@H](C)[C@H](OC(C)=O)[C@@H](O[C@@H]3O[C@H](CO)[C@@H](O)[C@H](O)[C@H]3OC(C)=O)[C@H]2O)cc1. The Morgan fingerprint density at radius 1 is 0.723 bits per heavy atom. The number of aromatic hydroxyl groups is 1. The minimum absolute atomic E-state index is 0.0178. The van der Waals surface area contributed by atoms with Crippen LogP contribution < -0.4 is 19.6 Å². The molecule has 0 saturated carbocycles. The van der Waals surface area contributed by atoms with Crippen molar-refractivity contribution in [1.82, 2.24) is 0 Å². The monoisotopic (exact) mass is 922 g/mol. The maximum atomic E-state index is 14.9. The average molecular weight is 923 g/mol. The Kier molecular flexibility index (Phi) is 15.8. The second kappa shape index (κ2) is 20.7. The molecule has 358 valence electrons. The van der Waals surface area contributed by atoms with Crippen molar-refractivity contribution in [2.75, 3.05) is 20.3 Å². The van der Waals surface area contributed by atoms with Crippen molar-refractivity contribution in [1.29, 1.82) is 0 Å². The number of methoxy groups -OCH3 is 1. The average Bonchev–Trinajstić information content (AvgIpc) is 3.26. The first kappa shape index (κ1) is 49.5. The van der Waals surface area contributed by atoms with Gasteiger partial charge in [-0.05, 0) is 51.5 Å². The highest BCUT2D eigenvalue weighted by Gasteiger charge is 2.54. The molecular formula is C43H54O22. The molecule has 3 aliphatic heterocycles. The lowest BCUT2D eigenvalue weighted by Crippen LogP contribution is -2.65. The fourth-order valence-corrected chi connectivity index (χ4v) is 7.64. The van der Waals surface area contributed by atoms with E-state index >= 15 is 0 Å². The van der Waals surface area contributed by atoms with E-state index in [2.05, 4.69) is 0 Å². The summed E-state index contributed by atoms with van der Waals surface area (Å²) in [5.41, 5.74) is -0.134. The summed E-state index contributed by atoms with van der Waals surface area (Å²) in [6.07, 6.45) is -23.6. The zero-order valence-electron chi connectivity index (χ0n) is 36.1. The Hall–Kier alpha value is -4.95. The maximum Gasteiger partial charge on any atom is 0.303 e. The van der Waals surface area contributed by atoms with Crippen LogP contribution in [-0.4, -0.2) is 170 Å². The number of rotatable bonds is 14. The van der Waals surface area contributed by atoms with Crippen molar-refractivity contribution in [3.05, 3.63) is 57.8 Å². The van der Waals surface area contributed by atoms with Crippen LogP contribution in [-0.2, 0) is 44.4 Å². The number of phenols is 1. The lowest BCUT2D eigenvalue weighted by Gasteiger charge is -2.46. The van der Waals surface area contributed by atoms with Gasteiger partial charge >= 0.3 is 11.9 Å². The van der Waals surface area contributed by atoms with E-state index < -0.39 is 140 Å². The van der Waals surface area contributed by atoms with Crippen molar-refractivity contribution < 1.29 is 103 Å². The maximum absolute atomic E-state index is 14.9. The number of ether oxygens (including phenoxy) is 9. The largest absolute Gasteiger partial charge is 0.507 e. The van der Waals surface area contributed by atoms with Gasteiger partial charge in [0, 0.05) is 31.0 Å². The molecule has 2 aromatic carbocycles. The number of fused-ring (bicyclic) bond motifs is 1. The van der Waals surface area contributed by atoms with Crippen molar-refractivity contribution in [2.45, 2.75) is 133 Å². The van der Waals surface area contributed by atoms with Gasteiger partial charge in [-0.25, -0.2) is 0 Å². The van der Waals surface area contributed by atoms with Crippen LogP contribution in [0.1, 0.15) is 40.2 Å². The minimum Gasteiger partial charge on any atom is -0.507 e. The third kappa shape index (κ3) is 10.4. The summed E-state index contributed by atoms with van der Waals surface area (Å²) in [6, 6.07) is 7.13. The number of hydrogen-bond acceptors (Lipinski definition) is 22. The van der Waals surface area contributed by atoms with Crippen molar-refractivity contribution in [3.8, 4) is 34.3 Å². The van der Waals surface area contributed by atoms with E-state index in [0.29, 0.717) is 5.75 Å². The summed E-state index contributed by atoms with van der Waals surface area (Å²) >= 11 is 0. The fourth-order valence-electron chi connectivity index (χ4n) is 7.64. The number of allylic oxidation sites excluding steroid dienone is 2. The minimum atomic E-state index is -2.02. The van der Waals surface area contributed by atoms with Crippen LogP contribution in [0.3, 0.4) is 0 Å². The molecule has 3 saturated heterocycles. The Bertz CT molecular complexity index is 2240. The highest BCUT2D eigenvalue weighted by molar-refractivity contribution is 5.91. The van der Waals surface area contributed by atoms with E-state index in [0.717, 1.165) is 25.5 Å². The van der Waals surface area contributed by atoms with Gasteiger partial charge in [0.2, 0.25) is 23.8 Å². The first-order chi connectivity index (χ1) is 30.8. The number of phenolic OH excluding ortho intramolecular Hbond substituents is 1. The Labute approximate surface area is 370 Å². The van der Waals surface area contributed by atoms with Crippen LogP contribution >= 0.6 is 0 Å². The van der Waals surface area contributed by atoms with Gasteiger partial charge in [-0.1, -0.05) is 11.6 Å². The van der Waals surface area contributed by atoms with E-state index in [4.69, 9.17) is 47.0 Å². The van der Waals surface area contributed by atoms with Crippen LogP contribution in [0.25, 0.3) is 22.3 Å². The molecule has 0 amide bonds. The molecule has 22 heteroatoms. The third-order valence-corrected chi connectivity index (χ3v) is 11.0. The van der Waals surface area contributed by atoms with Crippen molar-refractivity contribution in [3.63, 3.8) is 0 Å². The summed E-state index contributed by atoms with van der Waals surface area (Å²) in [5.74, 6) is -3.20. The Balaban J connectivity index is 1.48. The molecule has 4 heterocycles. The summed E-state index contributed by atoms with van der Waals surface area (Å²) in [5, 5.41) is 95.8. The van der Waals surface area contributed by atoms with Gasteiger partial charge < -0.3 is 93.0 Å². The van der Waals surface area contributed by atoms with Gasteiger partial charge in [-0.2, -0.15) is 0 Å². The Morgan fingerprint density at radius 3 is 1.89 bits per heavy atom. The molecule has 0 aliphatic carbocycles. The fraction of sp³-hybridized carbons (Fsp3) is 0.558. The zero-order valence-corrected chi connectivity index (χ0v) is 36.1. The molecule has 0 spiro atoms. The highest BCUT2D eigenvalue weighted by atomic mass is 16.8. The summed E-state index contributed by atoms with van der Waals surface area (Å²) in [7, 11) is 1.43. The van der Waals surface area contributed by atoms with Gasteiger partial charge in [-0.15, -0.1) is 0 Å². The standard InChI is InChI=1S/C43H54O22/c1-16(2)7-12-22-24(60-41-33(54)31(52)28(49)25(14-44)61-41)13-23(48)27-30(51)38(36(63-37(22)27)20-8-10-21(56-6)11-9-20)64-42-34(55)39(35(17(3)57-42)58-18(4)46)65-43-40(59-19(5)47)32(53)29(50)26(15-45)62-43/h7-11,13,17,25-26,28-29,31-35,39-45,48-50,52-55H,12,14-15H2,1-6H3/t17-,25+,26+,28+,29+,31-,32-,33+,34+,35-,39-,40+,41+,42-,43-/m0/s1. The third-order valence-electron chi connectivity index (χ3n) is 11.0. The van der Waals surface area contributed by atoms with Gasteiger partial charge in [0.05, 0.1) is 26.4 Å². The molecule has 6 rings (SSSR count). The van der Waals surface area contributed by atoms with Crippen molar-refractivity contribution in [2.24, 2.45) is 0 Å². The van der Waals surface area contributed by atoms with Crippen LogP contribution in [0.15, 0.2) is 51.2 Å². The Morgan fingerprint density at radius 2 is 1.31 bits per heavy atom. The zero-order chi connectivity index (χ0) is 47.6. The molecule has 15 atom stereocenters. The molecule has 65 heavy (non-hydrogen) atoms. The van der Waals surface area contributed by atoms with E-state index in [1.165, 1.54) is 26.2 Å². The second-order valence-corrected chi connectivity index (χ2v) is 16.0. The second-order valence-electron chi connectivity index (χ2n) is 16.0. The smallest absolute Gasteiger partial charge is 0.303 e. The van der Waals surface area contributed by atoms with Crippen LogP contribution in [0.5, 0.6) is 23.0 Å². The predicted molar refractivity (Wildman–Crippen MR) is 218 cm³/mol. The normalized spacial score (nSPS) is 32.6. The highest BCUT2D eigenvalue weighted by Crippen LogP contribution is 2.42. The van der Waals surface area contributed by atoms with E-state index in [-0.39, 0.29) is 34.6 Å². The number of esters is 2. The molecule has 9 N–H and O–H groups in total. The van der Waals surface area contributed by atoms with E-state index in [9.17, 15) is 60.3 Å². The summed E-state index contributed by atoms with van der Waals surface area (Å²) in [6.45, 7) is 5.50.